The van der Waals surface area contributed by atoms with Crippen molar-refractivity contribution < 1.29 is 0 Å². The van der Waals surface area contributed by atoms with Crippen LogP contribution in [0, 0.1) is 0 Å². The zero-order valence-electron chi connectivity index (χ0n) is 11.0. The molecule has 1 aliphatic carbocycles. The first kappa shape index (κ1) is 11.8. The molecule has 0 amide bonds. The largest absolute Gasteiger partial charge is 0.113 e. The van der Waals surface area contributed by atoms with Crippen molar-refractivity contribution in [1.82, 2.24) is 0 Å². The molecule has 4 rings (SSSR count). The molecule has 96 valence electrons. The normalized spacial score (nSPS) is 19.7. The van der Waals surface area contributed by atoms with Crippen molar-refractivity contribution in [2.75, 3.05) is 0 Å². The van der Waals surface area contributed by atoms with E-state index in [1.807, 2.05) is 11.8 Å². The van der Waals surface area contributed by atoms with Crippen molar-refractivity contribution >= 4 is 17.3 Å². The van der Waals surface area contributed by atoms with E-state index >= 15 is 0 Å². The topological polar surface area (TPSA) is 0 Å². The number of hydrogen-bond donors (Lipinski definition) is 0. The van der Waals surface area contributed by atoms with Gasteiger partial charge in [-0.2, -0.15) is 0 Å². The average molecular weight is 274 g/mol. The van der Waals surface area contributed by atoms with Gasteiger partial charge in [-0.1, -0.05) is 72.8 Å². The summed E-state index contributed by atoms with van der Waals surface area (Å²) in [6, 6.07) is 19.4. The molecule has 0 bridgehead atoms. The highest BCUT2D eigenvalue weighted by Gasteiger charge is 2.26. The van der Waals surface area contributed by atoms with E-state index in [-0.39, 0.29) is 0 Å². The molecule has 2 aromatic rings. The smallest absolute Gasteiger partial charge is 0.0534 e. The Labute approximate surface area is 123 Å². The Morgan fingerprint density at radius 3 is 2.50 bits per heavy atom. The maximum atomic E-state index is 2.29. The summed E-state index contributed by atoms with van der Waals surface area (Å²) in [4.78, 5) is 1.38. The van der Waals surface area contributed by atoms with Crippen LogP contribution in [-0.4, -0.2) is 5.25 Å². The highest BCUT2D eigenvalue weighted by molar-refractivity contribution is 8.00. The summed E-state index contributed by atoms with van der Waals surface area (Å²) < 4.78 is 0. The minimum absolute atomic E-state index is 0.435. The highest BCUT2D eigenvalue weighted by Crippen LogP contribution is 2.46. The summed E-state index contributed by atoms with van der Waals surface area (Å²) in [5, 5.41) is 0.435. The Kier molecular flexibility index (Phi) is 2.86. The predicted molar refractivity (Wildman–Crippen MR) is 86.8 cm³/mol. The van der Waals surface area contributed by atoms with Crippen LogP contribution in [0.3, 0.4) is 0 Å². The maximum absolute atomic E-state index is 2.29. The van der Waals surface area contributed by atoms with Gasteiger partial charge in [-0.05, 0) is 28.3 Å². The molecule has 0 saturated heterocycles. The second-order valence-corrected chi connectivity index (χ2v) is 6.16. The van der Waals surface area contributed by atoms with Gasteiger partial charge >= 0.3 is 0 Å². The third-order valence-electron chi connectivity index (χ3n) is 3.74. The van der Waals surface area contributed by atoms with E-state index in [0.29, 0.717) is 5.25 Å². The molecule has 2 aromatic carbocycles. The minimum Gasteiger partial charge on any atom is -0.113 e. The molecule has 0 fully saturated rings. The summed E-state index contributed by atoms with van der Waals surface area (Å²) in [5.74, 6) is 0. The summed E-state index contributed by atoms with van der Waals surface area (Å²) >= 11 is 1.94. The summed E-state index contributed by atoms with van der Waals surface area (Å²) in [7, 11) is 0. The fourth-order valence-corrected chi connectivity index (χ4v) is 4.07. The Morgan fingerprint density at radius 2 is 1.60 bits per heavy atom. The molecule has 0 spiro atoms. The van der Waals surface area contributed by atoms with Crippen LogP contribution < -0.4 is 0 Å². The zero-order valence-corrected chi connectivity index (χ0v) is 11.8. The fraction of sp³-hybridized carbons (Fsp3) is 0.0526. The van der Waals surface area contributed by atoms with Crippen LogP contribution in [0.5, 0.6) is 0 Å². The Balaban J connectivity index is 2.01. The highest BCUT2D eigenvalue weighted by atomic mass is 32.2. The van der Waals surface area contributed by atoms with E-state index in [4.69, 9.17) is 0 Å². The van der Waals surface area contributed by atoms with Crippen LogP contribution in [0.2, 0.25) is 0 Å². The first-order valence-corrected chi connectivity index (χ1v) is 7.72. The molecule has 0 nitrogen and oxygen atoms in total. The van der Waals surface area contributed by atoms with Crippen LogP contribution in [0.1, 0.15) is 11.1 Å². The maximum Gasteiger partial charge on any atom is 0.0534 e. The standard InChI is InChI=1S/C19H14S/c1-2-8-14(9-3-1)19-15-10-4-6-12-17(15)20-18-13-7-5-11-16(18)19/h1-13,17H. The number of hydrogen-bond acceptors (Lipinski definition) is 1. The van der Waals surface area contributed by atoms with Crippen molar-refractivity contribution in [1.29, 1.82) is 0 Å². The van der Waals surface area contributed by atoms with E-state index in [0.717, 1.165) is 0 Å². The fourth-order valence-electron chi connectivity index (χ4n) is 2.85. The van der Waals surface area contributed by atoms with Gasteiger partial charge in [0.25, 0.3) is 0 Å². The number of thioether (sulfide) groups is 1. The Hall–Kier alpha value is -1.99. The van der Waals surface area contributed by atoms with Crippen molar-refractivity contribution in [2.45, 2.75) is 10.1 Å². The lowest BCUT2D eigenvalue weighted by Crippen LogP contribution is -2.12. The van der Waals surface area contributed by atoms with E-state index in [9.17, 15) is 0 Å². The lowest BCUT2D eigenvalue weighted by molar-refractivity contribution is 1.22. The van der Waals surface area contributed by atoms with Crippen LogP contribution in [0.15, 0.2) is 89.4 Å². The summed E-state index contributed by atoms with van der Waals surface area (Å²) in [5.41, 5.74) is 5.46. The number of benzene rings is 2. The van der Waals surface area contributed by atoms with Gasteiger partial charge in [0.05, 0.1) is 5.25 Å². The molecule has 0 saturated carbocycles. The Bertz CT molecular complexity index is 735. The van der Waals surface area contributed by atoms with Crippen molar-refractivity contribution in [3.05, 3.63) is 95.6 Å². The van der Waals surface area contributed by atoms with Gasteiger partial charge in [-0.25, -0.2) is 0 Å². The first-order chi connectivity index (χ1) is 9.93. The molecule has 0 radical (unpaired) electrons. The van der Waals surface area contributed by atoms with E-state index in [2.05, 4.69) is 78.9 Å². The molecule has 2 aliphatic rings. The first-order valence-electron chi connectivity index (χ1n) is 6.84. The van der Waals surface area contributed by atoms with E-state index in [1.54, 1.807) is 0 Å². The molecule has 1 heterocycles. The third kappa shape index (κ3) is 1.86. The van der Waals surface area contributed by atoms with E-state index < -0.39 is 0 Å². The quantitative estimate of drug-likeness (QED) is 0.698. The van der Waals surface area contributed by atoms with Crippen LogP contribution >= 0.6 is 11.8 Å². The van der Waals surface area contributed by atoms with Gasteiger partial charge in [-0.3, -0.25) is 0 Å². The Morgan fingerprint density at radius 1 is 0.800 bits per heavy atom. The molecule has 1 heteroatoms. The molecule has 20 heavy (non-hydrogen) atoms. The molecule has 0 aromatic heterocycles. The van der Waals surface area contributed by atoms with Crippen LogP contribution in [0.25, 0.3) is 5.57 Å². The van der Waals surface area contributed by atoms with Gasteiger partial charge in [0, 0.05) is 4.90 Å². The molecule has 1 unspecified atom stereocenters. The number of fused-ring (bicyclic) bond motifs is 2. The SMILES string of the molecule is C1=CC2=C(c3ccccc3)c3ccccc3SC2C=C1. The lowest BCUT2D eigenvalue weighted by atomic mass is 9.89. The molecule has 1 aliphatic heterocycles. The zero-order chi connectivity index (χ0) is 13.4. The number of allylic oxidation sites excluding steroid dienone is 3. The monoisotopic (exact) mass is 274 g/mol. The predicted octanol–water partition coefficient (Wildman–Crippen LogP) is 5.09. The van der Waals surface area contributed by atoms with Crippen molar-refractivity contribution in [3.8, 4) is 0 Å². The van der Waals surface area contributed by atoms with Gasteiger partial charge in [0.15, 0.2) is 0 Å². The lowest BCUT2D eigenvalue weighted by Gasteiger charge is -2.28. The second kappa shape index (κ2) is 4.84. The molecular formula is C19H14S. The average Bonchev–Trinajstić information content (AvgIpc) is 2.53. The van der Waals surface area contributed by atoms with Gasteiger partial charge in [0.2, 0.25) is 0 Å². The van der Waals surface area contributed by atoms with E-state index in [1.165, 1.54) is 27.2 Å². The molecule has 1 atom stereocenters. The van der Waals surface area contributed by atoms with Crippen molar-refractivity contribution in [3.63, 3.8) is 0 Å². The summed E-state index contributed by atoms with van der Waals surface area (Å²) in [6.45, 7) is 0. The second-order valence-electron chi connectivity index (χ2n) is 4.97. The minimum atomic E-state index is 0.435. The summed E-state index contributed by atoms with van der Waals surface area (Å²) in [6.07, 6.45) is 8.84. The van der Waals surface area contributed by atoms with Gasteiger partial charge in [-0.15, -0.1) is 11.8 Å². The van der Waals surface area contributed by atoms with Gasteiger partial charge in [0.1, 0.15) is 0 Å². The molecule has 0 N–H and O–H groups in total. The molecular weight excluding hydrogens is 260 g/mol. The van der Waals surface area contributed by atoms with Crippen LogP contribution in [-0.2, 0) is 0 Å². The van der Waals surface area contributed by atoms with Crippen molar-refractivity contribution in [2.24, 2.45) is 0 Å². The van der Waals surface area contributed by atoms with Gasteiger partial charge < -0.3 is 0 Å². The third-order valence-corrected chi connectivity index (χ3v) is 5.02. The number of rotatable bonds is 1. The van der Waals surface area contributed by atoms with Crippen LogP contribution in [0.4, 0.5) is 0 Å².